The van der Waals surface area contributed by atoms with Gasteiger partial charge in [-0.25, -0.2) is 0 Å². The minimum Gasteiger partial charge on any atom is -0.494 e. The molecule has 0 bridgehead atoms. The summed E-state index contributed by atoms with van der Waals surface area (Å²) in [4.78, 5) is 0. The summed E-state index contributed by atoms with van der Waals surface area (Å²) in [6.07, 6.45) is 2.12. The molecular weight excluding hydrogens is 238 g/mol. The summed E-state index contributed by atoms with van der Waals surface area (Å²) in [5.41, 5.74) is 1.05. The van der Waals surface area contributed by atoms with Crippen molar-refractivity contribution >= 4 is 0 Å². The highest BCUT2D eigenvalue weighted by Crippen LogP contribution is 2.35. The summed E-state index contributed by atoms with van der Waals surface area (Å²) in [6.45, 7) is 8.89. The van der Waals surface area contributed by atoms with Crippen molar-refractivity contribution in [1.29, 1.82) is 0 Å². The van der Waals surface area contributed by atoms with Gasteiger partial charge in [-0.2, -0.15) is 0 Å². The molecule has 2 atom stereocenters. The van der Waals surface area contributed by atoms with Gasteiger partial charge in [-0.05, 0) is 50.9 Å². The molecule has 19 heavy (non-hydrogen) atoms. The molecule has 0 amide bonds. The number of nitrogens with one attached hydrogen (secondary N) is 1. The summed E-state index contributed by atoms with van der Waals surface area (Å²) < 4.78 is 11.5. The number of hydrogen-bond acceptors (Lipinski definition) is 3. The average Bonchev–Trinajstić information content (AvgIpc) is 2.40. The Morgan fingerprint density at radius 3 is 2.68 bits per heavy atom. The number of benzene rings is 1. The van der Waals surface area contributed by atoms with E-state index in [9.17, 15) is 0 Å². The zero-order chi connectivity index (χ0) is 13.7. The van der Waals surface area contributed by atoms with E-state index in [-0.39, 0.29) is 5.60 Å². The van der Waals surface area contributed by atoms with Crippen LogP contribution in [0, 0.1) is 0 Å². The molecule has 0 aromatic heterocycles. The van der Waals surface area contributed by atoms with Gasteiger partial charge in [0.1, 0.15) is 5.75 Å². The monoisotopic (exact) mass is 263 g/mol. The molecule has 1 fully saturated rings. The van der Waals surface area contributed by atoms with Crippen molar-refractivity contribution in [3.8, 4) is 5.75 Å². The van der Waals surface area contributed by atoms with Crippen molar-refractivity contribution in [2.24, 2.45) is 0 Å². The van der Waals surface area contributed by atoms with Crippen molar-refractivity contribution in [3.63, 3.8) is 0 Å². The first-order valence-corrected chi connectivity index (χ1v) is 7.28. The van der Waals surface area contributed by atoms with Crippen LogP contribution in [0.5, 0.6) is 5.75 Å². The van der Waals surface area contributed by atoms with Gasteiger partial charge in [0.2, 0.25) is 0 Å². The van der Waals surface area contributed by atoms with Crippen LogP contribution in [0.25, 0.3) is 0 Å². The predicted octanol–water partition coefficient (Wildman–Crippen LogP) is 3.09. The molecule has 1 saturated heterocycles. The second-order valence-corrected chi connectivity index (χ2v) is 5.28. The molecular formula is C16H25NO2. The van der Waals surface area contributed by atoms with Gasteiger partial charge in [0.25, 0.3) is 0 Å². The lowest BCUT2D eigenvalue weighted by Gasteiger charge is -2.39. The molecule has 2 unspecified atom stereocenters. The van der Waals surface area contributed by atoms with Crippen molar-refractivity contribution < 1.29 is 9.47 Å². The van der Waals surface area contributed by atoms with Crippen LogP contribution in [0.2, 0.25) is 0 Å². The number of ether oxygens (including phenoxy) is 2. The Balaban J connectivity index is 2.09. The fourth-order valence-electron chi connectivity index (χ4n) is 2.79. The maximum absolute atomic E-state index is 6.05. The van der Waals surface area contributed by atoms with E-state index >= 15 is 0 Å². The quantitative estimate of drug-likeness (QED) is 0.885. The van der Waals surface area contributed by atoms with Gasteiger partial charge in [-0.15, -0.1) is 0 Å². The molecule has 1 aliphatic rings. The summed E-state index contributed by atoms with van der Waals surface area (Å²) >= 11 is 0. The third-order valence-electron chi connectivity index (χ3n) is 3.79. The molecule has 3 nitrogen and oxygen atoms in total. The SMILES string of the molecule is CCNC1CCOC(C)(c2ccc(OCC)cc2)C1. The second kappa shape index (κ2) is 6.40. The molecule has 2 rings (SSSR count). The molecule has 1 aliphatic heterocycles. The first-order chi connectivity index (χ1) is 9.18. The Morgan fingerprint density at radius 1 is 1.32 bits per heavy atom. The van der Waals surface area contributed by atoms with Crippen LogP contribution in [0.4, 0.5) is 0 Å². The van der Waals surface area contributed by atoms with Gasteiger partial charge in [-0.3, -0.25) is 0 Å². The smallest absolute Gasteiger partial charge is 0.119 e. The fraction of sp³-hybridized carbons (Fsp3) is 0.625. The summed E-state index contributed by atoms with van der Waals surface area (Å²) in [5.74, 6) is 0.925. The van der Waals surface area contributed by atoms with Gasteiger partial charge in [-0.1, -0.05) is 19.1 Å². The molecule has 3 heteroatoms. The first kappa shape index (κ1) is 14.4. The Kier molecular flexibility index (Phi) is 4.83. The van der Waals surface area contributed by atoms with E-state index in [4.69, 9.17) is 9.47 Å². The maximum Gasteiger partial charge on any atom is 0.119 e. The zero-order valence-corrected chi connectivity index (χ0v) is 12.2. The Hall–Kier alpha value is -1.06. The van der Waals surface area contributed by atoms with Gasteiger partial charge >= 0.3 is 0 Å². The van der Waals surface area contributed by atoms with Gasteiger partial charge in [0.05, 0.1) is 12.2 Å². The van der Waals surface area contributed by atoms with Crippen LogP contribution in [0.3, 0.4) is 0 Å². The summed E-state index contributed by atoms with van der Waals surface area (Å²) in [7, 11) is 0. The van der Waals surface area contributed by atoms with Crippen LogP contribution >= 0.6 is 0 Å². The second-order valence-electron chi connectivity index (χ2n) is 5.28. The Bertz CT molecular complexity index is 388. The van der Waals surface area contributed by atoms with Crippen molar-refractivity contribution in [1.82, 2.24) is 5.32 Å². The van der Waals surface area contributed by atoms with E-state index in [1.54, 1.807) is 0 Å². The van der Waals surface area contributed by atoms with Crippen LogP contribution in [-0.4, -0.2) is 25.8 Å². The third-order valence-corrected chi connectivity index (χ3v) is 3.79. The maximum atomic E-state index is 6.05. The van der Waals surface area contributed by atoms with Gasteiger partial charge in [0, 0.05) is 12.6 Å². The molecule has 1 aromatic carbocycles. The largest absolute Gasteiger partial charge is 0.494 e. The van der Waals surface area contributed by atoms with E-state index < -0.39 is 0 Å². The van der Waals surface area contributed by atoms with E-state index in [2.05, 4.69) is 31.3 Å². The van der Waals surface area contributed by atoms with Crippen LogP contribution in [-0.2, 0) is 10.3 Å². The van der Waals surface area contributed by atoms with E-state index in [1.807, 2.05) is 19.1 Å². The molecule has 106 valence electrons. The molecule has 0 saturated carbocycles. The van der Waals surface area contributed by atoms with Crippen LogP contribution in [0.1, 0.15) is 39.2 Å². The molecule has 0 aliphatic carbocycles. The van der Waals surface area contributed by atoms with Crippen molar-refractivity contribution in [3.05, 3.63) is 29.8 Å². The number of hydrogen-bond donors (Lipinski definition) is 1. The Labute approximate surface area is 116 Å². The minimum absolute atomic E-state index is 0.185. The van der Waals surface area contributed by atoms with Crippen LogP contribution < -0.4 is 10.1 Å². The van der Waals surface area contributed by atoms with E-state index in [0.717, 1.165) is 31.7 Å². The Morgan fingerprint density at radius 2 is 2.05 bits per heavy atom. The highest BCUT2D eigenvalue weighted by Gasteiger charge is 2.34. The standard InChI is InChI=1S/C16H25NO2/c1-4-17-14-10-11-19-16(3,12-14)13-6-8-15(9-7-13)18-5-2/h6-9,14,17H,4-5,10-12H2,1-3H3. The summed E-state index contributed by atoms with van der Waals surface area (Å²) in [6, 6.07) is 8.86. The highest BCUT2D eigenvalue weighted by molar-refractivity contribution is 5.31. The average molecular weight is 263 g/mol. The third kappa shape index (κ3) is 3.48. The van der Waals surface area contributed by atoms with Gasteiger partial charge in [0.15, 0.2) is 0 Å². The van der Waals surface area contributed by atoms with E-state index in [0.29, 0.717) is 12.6 Å². The van der Waals surface area contributed by atoms with E-state index in [1.165, 1.54) is 5.56 Å². The molecule has 1 heterocycles. The van der Waals surface area contributed by atoms with Crippen molar-refractivity contribution in [2.45, 2.75) is 45.3 Å². The molecule has 0 spiro atoms. The fourth-order valence-corrected chi connectivity index (χ4v) is 2.79. The van der Waals surface area contributed by atoms with Gasteiger partial charge < -0.3 is 14.8 Å². The summed E-state index contributed by atoms with van der Waals surface area (Å²) in [5, 5.41) is 3.54. The lowest BCUT2D eigenvalue weighted by Crippen LogP contribution is -2.43. The topological polar surface area (TPSA) is 30.5 Å². The highest BCUT2D eigenvalue weighted by atomic mass is 16.5. The molecule has 1 N–H and O–H groups in total. The minimum atomic E-state index is -0.185. The predicted molar refractivity (Wildman–Crippen MR) is 77.6 cm³/mol. The normalized spacial score (nSPS) is 27.2. The van der Waals surface area contributed by atoms with Crippen molar-refractivity contribution in [2.75, 3.05) is 19.8 Å². The number of rotatable bonds is 5. The first-order valence-electron chi connectivity index (χ1n) is 7.28. The zero-order valence-electron chi connectivity index (χ0n) is 12.2. The lowest BCUT2D eigenvalue weighted by atomic mass is 9.85. The lowest BCUT2D eigenvalue weighted by molar-refractivity contribution is -0.0810. The molecule has 0 radical (unpaired) electrons. The molecule has 1 aromatic rings. The van der Waals surface area contributed by atoms with Crippen LogP contribution in [0.15, 0.2) is 24.3 Å².